The number of hydrogen-bond acceptors (Lipinski definition) is 6. The molecule has 0 saturated carbocycles. The Morgan fingerprint density at radius 3 is 0.767 bits per heavy atom. The van der Waals surface area contributed by atoms with Gasteiger partial charge in [-0.25, -0.2) is 0 Å². The Balaban J connectivity index is 4.21. The molecule has 0 aromatic heterocycles. The quantitative estimate of drug-likeness (QED) is 0.0261. The van der Waals surface area contributed by atoms with Crippen molar-refractivity contribution in [2.45, 2.75) is 374 Å². The molecule has 73 heavy (non-hydrogen) atoms. The number of unbranched alkanes of at least 4 members (excludes halogenated alkanes) is 46. The van der Waals surface area contributed by atoms with E-state index in [1.807, 2.05) is 0 Å². The first-order valence-electron chi connectivity index (χ1n) is 32.8. The lowest BCUT2D eigenvalue weighted by atomic mass is 10.0. The van der Waals surface area contributed by atoms with Gasteiger partial charge in [-0.2, -0.15) is 0 Å². The molecule has 0 saturated heterocycles. The number of esters is 3. The van der Waals surface area contributed by atoms with E-state index in [0.717, 1.165) is 70.6 Å². The van der Waals surface area contributed by atoms with Crippen LogP contribution in [0.5, 0.6) is 0 Å². The van der Waals surface area contributed by atoms with Crippen LogP contribution >= 0.6 is 0 Å². The van der Waals surface area contributed by atoms with Crippen molar-refractivity contribution in [2.75, 3.05) is 13.2 Å². The first-order chi connectivity index (χ1) is 36.0. The third-order valence-corrected chi connectivity index (χ3v) is 15.0. The monoisotopic (exact) mass is 1030 g/mol. The van der Waals surface area contributed by atoms with E-state index in [4.69, 9.17) is 14.2 Å². The van der Waals surface area contributed by atoms with Gasteiger partial charge in [-0.15, -0.1) is 0 Å². The average molecular weight is 1030 g/mol. The van der Waals surface area contributed by atoms with Crippen LogP contribution in [0, 0.1) is 0 Å². The fourth-order valence-corrected chi connectivity index (χ4v) is 10.0. The van der Waals surface area contributed by atoms with Crippen molar-refractivity contribution in [3.05, 3.63) is 24.3 Å². The van der Waals surface area contributed by atoms with Crippen LogP contribution in [-0.2, 0) is 28.6 Å². The van der Waals surface area contributed by atoms with E-state index >= 15 is 0 Å². The van der Waals surface area contributed by atoms with Crippen LogP contribution in [0.1, 0.15) is 367 Å². The number of rotatable bonds is 61. The summed E-state index contributed by atoms with van der Waals surface area (Å²) >= 11 is 0. The molecule has 0 spiro atoms. The van der Waals surface area contributed by atoms with E-state index < -0.39 is 6.10 Å². The number of hydrogen-bond donors (Lipinski definition) is 0. The summed E-state index contributed by atoms with van der Waals surface area (Å²) in [4.78, 5) is 38.3. The van der Waals surface area contributed by atoms with Crippen LogP contribution in [-0.4, -0.2) is 37.2 Å². The Labute approximate surface area is 455 Å². The first-order valence-corrected chi connectivity index (χ1v) is 32.8. The van der Waals surface area contributed by atoms with Crippen molar-refractivity contribution in [2.24, 2.45) is 0 Å². The zero-order valence-corrected chi connectivity index (χ0v) is 49.4. The maximum atomic E-state index is 12.9. The van der Waals surface area contributed by atoms with E-state index in [2.05, 4.69) is 45.1 Å². The Morgan fingerprint density at radius 2 is 0.493 bits per heavy atom. The molecular weight excluding hydrogens is 901 g/mol. The molecule has 0 aromatic rings. The number of carbonyl (C=O) groups excluding carboxylic acids is 3. The van der Waals surface area contributed by atoms with Gasteiger partial charge in [-0.1, -0.05) is 321 Å². The van der Waals surface area contributed by atoms with Crippen molar-refractivity contribution >= 4 is 17.9 Å². The average Bonchev–Trinajstić information content (AvgIpc) is 3.39. The second-order valence-electron chi connectivity index (χ2n) is 22.4. The lowest BCUT2D eigenvalue weighted by Crippen LogP contribution is -2.30. The molecule has 6 heteroatoms. The fourth-order valence-electron chi connectivity index (χ4n) is 10.0. The van der Waals surface area contributed by atoms with Crippen LogP contribution in [0.2, 0.25) is 0 Å². The second-order valence-corrected chi connectivity index (χ2v) is 22.4. The van der Waals surface area contributed by atoms with Crippen molar-refractivity contribution in [3.63, 3.8) is 0 Å². The van der Waals surface area contributed by atoms with Crippen LogP contribution in [0.4, 0.5) is 0 Å². The first kappa shape index (κ1) is 70.9. The number of allylic oxidation sites excluding steroid dienone is 4. The molecule has 0 N–H and O–H groups in total. The molecule has 0 aromatic carbocycles. The molecule has 0 amide bonds. The normalized spacial score (nSPS) is 12.1. The van der Waals surface area contributed by atoms with E-state index in [1.54, 1.807) is 0 Å². The summed E-state index contributed by atoms with van der Waals surface area (Å²) in [6.45, 7) is 6.68. The minimum Gasteiger partial charge on any atom is -0.462 e. The summed E-state index contributed by atoms with van der Waals surface area (Å²) in [5.41, 5.74) is 0. The molecular formula is C67H126O6. The topological polar surface area (TPSA) is 78.9 Å². The molecule has 0 aliphatic heterocycles. The third-order valence-electron chi connectivity index (χ3n) is 15.0. The molecule has 0 bridgehead atoms. The molecule has 1 atom stereocenters. The van der Waals surface area contributed by atoms with E-state index in [1.165, 1.54) is 257 Å². The zero-order valence-electron chi connectivity index (χ0n) is 49.4. The summed E-state index contributed by atoms with van der Waals surface area (Å²) in [7, 11) is 0. The van der Waals surface area contributed by atoms with Crippen LogP contribution < -0.4 is 0 Å². The summed E-state index contributed by atoms with van der Waals surface area (Å²) < 4.78 is 16.9. The minimum atomic E-state index is -0.771. The van der Waals surface area contributed by atoms with Gasteiger partial charge in [0.05, 0.1) is 0 Å². The van der Waals surface area contributed by atoms with Gasteiger partial charge in [0.15, 0.2) is 6.10 Å². The summed E-state index contributed by atoms with van der Waals surface area (Å²) in [5, 5.41) is 0. The Kier molecular flexibility index (Phi) is 60.6. The molecule has 0 aliphatic carbocycles. The van der Waals surface area contributed by atoms with Crippen molar-refractivity contribution in [1.82, 2.24) is 0 Å². The predicted molar refractivity (Wildman–Crippen MR) is 316 cm³/mol. The summed E-state index contributed by atoms with van der Waals surface area (Å²) in [5.74, 6) is -0.849. The van der Waals surface area contributed by atoms with E-state index in [-0.39, 0.29) is 31.1 Å². The molecule has 1 unspecified atom stereocenters. The highest BCUT2D eigenvalue weighted by Gasteiger charge is 2.19. The Bertz CT molecular complexity index is 1180. The minimum absolute atomic E-state index is 0.0685. The van der Waals surface area contributed by atoms with Crippen LogP contribution in [0.15, 0.2) is 24.3 Å². The SMILES string of the molecule is CCCCCC/C=C\C/C=C\CCCCCCCCCC(=O)OC(COC(=O)CCCCCCCCCCCCCC)COC(=O)CCCCCCCCCCCCCCCCCCCCCCCCCCC. The van der Waals surface area contributed by atoms with Crippen molar-refractivity contribution in [3.8, 4) is 0 Å². The molecule has 430 valence electrons. The van der Waals surface area contributed by atoms with Gasteiger partial charge in [-0.3, -0.25) is 14.4 Å². The second kappa shape index (κ2) is 62.4. The maximum absolute atomic E-state index is 12.9. The zero-order chi connectivity index (χ0) is 52.9. The molecule has 0 radical (unpaired) electrons. The molecule has 0 fully saturated rings. The highest BCUT2D eigenvalue weighted by molar-refractivity contribution is 5.71. The van der Waals surface area contributed by atoms with E-state index in [9.17, 15) is 14.4 Å². The fraction of sp³-hybridized carbons (Fsp3) is 0.896. The van der Waals surface area contributed by atoms with Crippen molar-refractivity contribution < 1.29 is 28.6 Å². The summed E-state index contributed by atoms with van der Waals surface area (Å²) in [6.07, 6.45) is 74.8. The van der Waals surface area contributed by atoms with Gasteiger partial charge in [0.1, 0.15) is 13.2 Å². The van der Waals surface area contributed by atoms with Gasteiger partial charge >= 0.3 is 17.9 Å². The Hall–Kier alpha value is -2.11. The van der Waals surface area contributed by atoms with Crippen LogP contribution in [0.3, 0.4) is 0 Å². The lowest BCUT2D eigenvalue weighted by molar-refractivity contribution is -0.167. The molecule has 0 aliphatic rings. The summed E-state index contributed by atoms with van der Waals surface area (Å²) in [6, 6.07) is 0. The Morgan fingerprint density at radius 1 is 0.274 bits per heavy atom. The van der Waals surface area contributed by atoms with Gasteiger partial charge in [-0.05, 0) is 51.4 Å². The largest absolute Gasteiger partial charge is 0.462 e. The smallest absolute Gasteiger partial charge is 0.306 e. The number of carbonyl (C=O) groups is 3. The van der Waals surface area contributed by atoms with E-state index in [0.29, 0.717) is 19.3 Å². The standard InChI is InChI=1S/C67H126O6/c1-4-7-10-13-16-19-22-25-27-29-31-32-33-34-35-36-37-39-40-42-45-48-51-54-57-60-66(69)72-63-64(62-71-65(68)59-56-53-50-47-44-24-21-18-15-12-9-6-3)73-67(70)61-58-55-52-49-46-43-41-38-30-28-26-23-20-17-14-11-8-5-2/h20,23,28,30,64H,4-19,21-22,24-27,29,31-63H2,1-3H3/b23-20-,30-28-. The lowest BCUT2D eigenvalue weighted by Gasteiger charge is -2.18. The van der Waals surface area contributed by atoms with Gasteiger partial charge in [0.25, 0.3) is 0 Å². The third kappa shape index (κ3) is 60.6. The predicted octanol–water partition coefficient (Wildman–Crippen LogP) is 22.2. The highest BCUT2D eigenvalue weighted by Crippen LogP contribution is 2.18. The molecule has 0 rings (SSSR count). The van der Waals surface area contributed by atoms with Gasteiger partial charge in [0.2, 0.25) is 0 Å². The van der Waals surface area contributed by atoms with Gasteiger partial charge in [0, 0.05) is 19.3 Å². The molecule has 0 heterocycles. The molecule has 6 nitrogen and oxygen atoms in total. The van der Waals surface area contributed by atoms with Crippen LogP contribution in [0.25, 0.3) is 0 Å². The van der Waals surface area contributed by atoms with Crippen molar-refractivity contribution in [1.29, 1.82) is 0 Å². The number of ether oxygens (including phenoxy) is 3. The maximum Gasteiger partial charge on any atom is 0.306 e. The van der Waals surface area contributed by atoms with Gasteiger partial charge < -0.3 is 14.2 Å². The highest BCUT2D eigenvalue weighted by atomic mass is 16.6.